The van der Waals surface area contributed by atoms with Gasteiger partial charge in [-0.05, 0) is 96.0 Å². The van der Waals surface area contributed by atoms with E-state index in [0.717, 1.165) is 33.7 Å². The Morgan fingerprint density at radius 2 is 0.882 bits per heavy atom. The van der Waals surface area contributed by atoms with Crippen molar-refractivity contribution in [3.05, 3.63) is 194 Å². The van der Waals surface area contributed by atoms with E-state index in [1.807, 2.05) is 6.07 Å². The van der Waals surface area contributed by atoms with Crippen molar-refractivity contribution in [1.29, 1.82) is 0 Å². The molecule has 0 aliphatic rings. The Labute approximate surface area is 296 Å². The van der Waals surface area contributed by atoms with Gasteiger partial charge in [0.2, 0.25) is 0 Å². The van der Waals surface area contributed by atoms with Crippen LogP contribution in [0.2, 0.25) is 0 Å². The minimum atomic E-state index is 0.940. The van der Waals surface area contributed by atoms with E-state index < -0.39 is 0 Å². The number of para-hydroxylation sites is 2. The van der Waals surface area contributed by atoms with Gasteiger partial charge in [-0.25, -0.2) is 4.98 Å². The van der Waals surface area contributed by atoms with Crippen LogP contribution in [0.25, 0.3) is 93.8 Å². The molecule has 2 nitrogen and oxygen atoms in total. The fourth-order valence-electron chi connectivity index (χ4n) is 7.82. The summed E-state index contributed by atoms with van der Waals surface area (Å²) in [7, 11) is 0. The molecule has 0 bridgehead atoms. The van der Waals surface area contributed by atoms with Gasteiger partial charge < -0.3 is 0 Å². The van der Waals surface area contributed by atoms with Crippen LogP contribution >= 0.6 is 0 Å². The Morgan fingerprint density at radius 1 is 0.333 bits per heavy atom. The van der Waals surface area contributed by atoms with Crippen molar-refractivity contribution in [2.24, 2.45) is 0 Å². The van der Waals surface area contributed by atoms with Gasteiger partial charge in [0.05, 0.1) is 11.0 Å². The molecule has 9 aromatic carbocycles. The Kier molecular flexibility index (Phi) is 6.85. The molecule has 0 spiro atoms. The van der Waals surface area contributed by atoms with Gasteiger partial charge in [0.15, 0.2) is 0 Å². The second-order valence-electron chi connectivity index (χ2n) is 13.2. The lowest BCUT2D eigenvalue weighted by Crippen LogP contribution is -1.98. The molecule has 0 saturated carbocycles. The summed E-state index contributed by atoms with van der Waals surface area (Å²) in [5.41, 5.74) is 11.6. The average molecular weight is 649 g/mol. The maximum absolute atomic E-state index is 5.06. The summed E-state index contributed by atoms with van der Waals surface area (Å²) >= 11 is 0. The fourth-order valence-corrected chi connectivity index (χ4v) is 7.82. The van der Waals surface area contributed by atoms with Gasteiger partial charge in [0.25, 0.3) is 0 Å². The summed E-state index contributed by atoms with van der Waals surface area (Å²) in [4.78, 5) is 5.06. The second kappa shape index (κ2) is 12.0. The van der Waals surface area contributed by atoms with Crippen LogP contribution in [-0.2, 0) is 0 Å². The molecule has 10 rings (SSSR count). The van der Waals surface area contributed by atoms with E-state index in [1.165, 1.54) is 60.1 Å². The maximum Gasteiger partial charge on any atom is 0.145 e. The molecule has 0 radical (unpaired) electrons. The minimum absolute atomic E-state index is 0.940. The topological polar surface area (TPSA) is 17.8 Å². The fraction of sp³-hybridized carbons (Fsp3) is 0. The third-order valence-electron chi connectivity index (χ3n) is 10.2. The van der Waals surface area contributed by atoms with Crippen LogP contribution in [0, 0.1) is 0 Å². The van der Waals surface area contributed by atoms with Crippen LogP contribution in [0.15, 0.2) is 194 Å². The van der Waals surface area contributed by atoms with Crippen LogP contribution in [-0.4, -0.2) is 9.55 Å². The normalized spacial score (nSPS) is 11.5. The maximum atomic E-state index is 5.06. The molecule has 0 atom stereocenters. The van der Waals surface area contributed by atoms with E-state index in [0.29, 0.717) is 0 Å². The quantitative estimate of drug-likeness (QED) is 0.170. The predicted molar refractivity (Wildman–Crippen MR) is 215 cm³/mol. The smallest absolute Gasteiger partial charge is 0.145 e. The zero-order valence-corrected chi connectivity index (χ0v) is 27.9. The Balaban J connectivity index is 1.10. The molecular formula is C49H32N2. The van der Waals surface area contributed by atoms with Gasteiger partial charge in [0, 0.05) is 11.3 Å². The first-order valence-corrected chi connectivity index (χ1v) is 17.5. The van der Waals surface area contributed by atoms with Gasteiger partial charge in [-0.2, -0.15) is 0 Å². The van der Waals surface area contributed by atoms with Crippen LogP contribution in [0.5, 0.6) is 0 Å². The van der Waals surface area contributed by atoms with Gasteiger partial charge in [-0.15, -0.1) is 0 Å². The van der Waals surface area contributed by atoms with Crippen LogP contribution in [0.4, 0.5) is 0 Å². The van der Waals surface area contributed by atoms with Gasteiger partial charge in [-0.3, -0.25) is 4.57 Å². The standard InChI is InChI=1S/C49H32N2/c1-2-14-36(15-3-1)49-50-45-23-10-11-24-46(45)51(49)40-18-12-17-38(32-40)34-25-28-35(29-26-34)47-41-19-6-8-21-43(41)48(44-22-9-7-20-42(44)47)39-30-27-33-13-4-5-16-37(33)31-39/h1-32H. The third-order valence-corrected chi connectivity index (χ3v) is 10.2. The van der Waals surface area contributed by atoms with Gasteiger partial charge in [0.1, 0.15) is 5.82 Å². The Bertz CT molecular complexity index is 2840. The van der Waals surface area contributed by atoms with E-state index in [2.05, 4.69) is 193 Å². The molecule has 0 aliphatic heterocycles. The van der Waals surface area contributed by atoms with Crippen LogP contribution in [0.1, 0.15) is 0 Å². The Hall–Kier alpha value is -6.77. The molecule has 1 heterocycles. The number of hydrogen-bond donors (Lipinski definition) is 0. The van der Waals surface area contributed by atoms with Crippen molar-refractivity contribution in [1.82, 2.24) is 9.55 Å². The van der Waals surface area contributed by atoms with E-state index in [-0.39, 0.29) is 0 Å². The van der Waals surface area contributed by atoms with Gasteiger partial charge in [-0.1, -0.05) is 164 Å². The highest BCUT2D eigenvalue weighted by molar-refractivity contribution is 6.21. The first-order chi connectivity index (χ1) is 25.3. The molecule has 51 heavy (non-hydrogen) atoms. The first-order valence-electron chi connectivity index (χ1n) is 17.5. The van der Waals surface area contributed by atoms with Gasteiger partial charge >= 0.3 is 0 Å². The Morgan fingerprint density at radius 3 is 1.61 bits per heavy atom. The lowest BCUT2D eigenvalue weighted by molar-refractivity contribution is 1.10. The van der Waals surface area contributed by atoms with E-state index in [4.69, 9.17) is 4.98 Å². The van der Waals surface area contributed by atoms with Crippen molar-refractivity contribution in [3.63, 3.8) is 0 Å². The highest BCUT2D eigenvalue weighted by Gasteiger charge is 2.18. The monoisotopic (exact) mass is 648 g/mol. The van der Waals surface area contributed by atoms with Crippen LogP contribution in [0.3, 0.4) is 0 Å². The summed E-state index contributed by atoms with van der Waals surface area (Å²) in [5.74, 6) is 0.940. The number of nitrogens with zero attached hydrogens (tertiary/aromatic N) is 2. The molecule has 0 unspecified atom stereocenters. The highest BCUT2D eigenvalue weighted by atomic mass is 15.1. The van der Waals surface area contributed by atoms with Crippen molar-refractivity contribution >= 4 is 43.4 Å². The second-order valence-corrected chi connectivity index (χ2v) is 13.2. The number of hydrogen-bond acceptors (Lipinski definition) is 1. The first kappa shape index (κ1) is 29.2. The van der Waals surface area contributed by atoms with E-state index in [9.17, 15) is 0 Å². The summed E-state index contributed by atoms with van der Waals surface area (Å²) in [6, 6.07) is 69.9. The molecule has 0 amide bonds. The molecule has 0 N–H and O–H groups in total. The largest absolute Gasteiger partial charge is 0.292 e. The number of benzene rings is 9. The average Bonchev–Trinajstić information content (AvgIpc) is 3.60. The molecular weight excluding hydrogens is 617 g/mol. The molecule has 238 valence electrons. The molecule has 0 aliphatic carbocycles. The minimum Gasteiger partial charge on any atom is -0.292 e. The molecule has 2 heteroatoms. The zero-order chi connectivity index (χ0) is 33.7. The van der Waals surface area contributed by atoms with Crippen LogP contribution < -0.4 is 0 Å². The summed E-state index contributed by atoms with van der Waals surface area (Å²) < 4.78 is 2.28. The molecule has 1 aromatic heterocycles. The lowest BCUT2D eigenvalue weighted by atomic mass is 9.85. The van der Waals surface area contributed by atoms with Crippen molar-refractivity contribution < 1.29 is 0 Å². The summed E-state index contributed by atoms with van der Waals surface area (Å²) in [6.45, 7) is 0. The molecule has 0 saturated heterocycles. The lowest BCUT2D eigenvalue weighted by Gasteiger charge is -2.18. The number of rotatable bonds is 5. The highest BCUT2D eigenvalue weighted by Crippen LogP contribution is 2.44. The molecule has 0 fully saturated rings. The SMILES string of the molecule is c1ccc(-c2nc3ccccc3n2-c2cccc(-c3ccc(-c4c5ccccc5c(-c5ccc6ccccc6c5)c5ccccc45)cc3)c2)cc1. The zero-order valence-electron chi connectivity index (χ0n) is 27.9. The number of imidazole rings is 1. The van der Waals surface area contributed by atoms with E-state index in [1.54, 1.807) is 0 Å². The van der Waals surface area contributed by atoms with Crippen molar-refractivity contribution in [2.75, 3.05) is 0 Å². The third kappa shape index (κ3) is 4.92. The van der Waals surface area contributed by atoms with Crippen molar-refractivity contribution in [2.45, 2.75) is 0 Å². The number of aromatic nitrogens is 2. The number of fused-ring (bicyclic) bond motifs is 4. The van der Waals surface area contributed by atoms with E-state index >= 15 is 0 Å². The predicted octanol–water partition coefficient (Wildman–Crippen LogP) is 13.2. The summed E-state index contributed by atoms with van der Waals surface area (Å²) in [6.07, 6.45) is 0. The van der Waals surface area contributed by atoms with Crippen molar-refractivity contribution in [3.8, 4) is 50.5 Å². The molecule has 10 aromatic rings. The summed E-state index contributed by atoms with van der Waals surface area (Å²) in [5, 5.41) is 7.56.